The molecule has 10 heteroatoms. The van der Waals surface area contributed by atoms with Crippen LogP contribution >= 0.6 is 11.6 Å². The molecule has 0 saturated heterocycles. The Hall–Kier alpha value is -2.94. The Morgan fingerprint density at radius 2 is 1.86 bits per heavy atom. The maximum Gasteiger partial charge on any atom is 0.438 e. The minimum absolute atomic E-state index is 0.0148. The van der Waals surface area contributed by atoms with Crippen LogP contribution in [0.5, 0.6) is 5.88 Å². The molecule has 1 heterocycles. The number of ether oxygens (including phenoxy) is 1. The average molecular weight is 415 g/mol. The first-order valence-corrected chi connectivity index (χ1v) is 8.17. The molecule has 1 N–H and O–H groups in total. The fourth-order valence-electron chi connectivity index (χ4n) is 2.44. The van der Waals surface area contributed by atoms with Crippen LogP contribution in [0.25, 0.3) is 11.0 Å². The molecule has 1 aromatic heterocycles. The van der Waals surface area contributed by atoms with Crippen LogP contribution in [-0.2, 0) is 24.0 Å². The highest BCUT2D eigenvalue weighted by Crippen LogP contribution is 2.35. The zero-order valence-corrected chi connectivity index (χ0v) is 14.7. The van der Waals surface area contributed by atoms with Crippen molar-refractivity contribution >= 4 is 28.6 Å². The molecule has 0 atom stereocenters. The van der Waals surface area contributed by atoms with Crippen molar-refractivity contribution in [3.8, 4) is 5.88 Å². The monoisotopic (exact) mass is 414 g/mol. The number of aromatic nitrogens is 2. The molecule has 0 unspecified atom stereocenters. The highest BCUT2D eigenvalue weighted by atomic mass is 35.5. The van der Waals surface area contributed by atoms with Gasteiger partial charge in [-0.1, -0.05) is 23.7 Å². The Labute approximate surface area is 160 Å². The van der Waals surface area contributed by atoms with Gasteiger partial charge in [0.15, 0.2) is 0 Å². The number of carboxylic acid groups (broad SMARTS) is 1. The smallest absolute Gasteiger partial charge is 0.438 e. The first kappa shape index (κ1) is 19.8. The third-order valence-electron chi connectivity index (χ3n) is 3.70. The topological polar surface area (TPSA) is 72.3 Å². The van der Waals surface area contributed by atoms with Crippen molar-refractivity contribution in [2.75, 3.05) is 0 Å². The van der Waals surface area contributed by atoms with Gasteiger partial charge in [-0.05, 0) is 29.8 Å². The van der Waals surface area contributed by atoms with Crippen molar-refractivity contribution in [2.45, 2.75) is 19.2 Å². The second kappa shape index (κ2) is 7.59. The number of aliphatic carboxylic acids is 1. The standard InChI is InChI=1S/C18H11ClF4N2O3/c19-11-3-2-10(12(20)7-11)8-28-17-16(18(21,22)23)24-13-4-1-9(6-15(26)27)5-14(13)25-17/h1-5,7H,6,8H2,(H,26,27). The van der Waals surface area contributed by atoms with E-state index >= 15 is 0 Å². The number of carboxylic acids is 1. The van der Waals surface area contributed by atoms with Gasteiger partial charge in [0.1, 0.15) is 12.4 Å². The van der Waals surface area contributed by atoms with Crippen molar-refractivity contribution in [1.29, 1.82) is 0 Å². The summed E-state index contributed by atoms with van der Waals surface area (Å²) in [6.45, 7) is -0.527. The van der Waals surface area contributed by atoms with E-state index in [9.17, 15) is 22.4 Å². The number of carbonyl (C=O) groups is 1. The van der Waals surface area contributed by atoms with Gasteiger partial charge in [-0.3, -0.25) is 4.79 Å². The van der Waals surface area contributed by atoms with E-state index in [1.807, 2.05) is 0 Å². The highest BCUT2D eigenvalue weighted by Gasteiger charge is 2.38. The van der Waals surface area contributed by atoms with Gasteiger partial charge < -0.3 is 9.84 Å². The number of nitrogens with zero attached hydrogens (tertiary/aromatic N) is 2. The van der Waals surface area contributed by atoms with E-state index in [0.717, 1.165) is 6.07 Å². The number of fused-ring (bicyclic) bond motifs is 1. The summed E-state index contributed by atoms with van der Waals surface area (Å²) in [5.74, 6) is -2.67. The number of halogens is 5. The molecule has 0 aliphatic carbocycles. The van der Waals surface area contributed by atoms with Crippen LogP contribution in [0.2, 0.25) is 5.02 Å². The summed E-state index contributed by atoms with van der Waals surface area (Å²) in [6.07, 6.45) is -5.18. The van der Waals surface area contributed by atoms with Crippen LogP contribution < -0.4 is 4.74 Å². The van der Waals surface area contributed by atoms with Crippen LogP contribution in [0.4, 0.5) is 17.6 Å². The van der Waals surface area contributed by atoms with E-state index in [1.165, 1.54) is 30.3 Å². The van der Waals surface area contributed by atoms with Gasteiger partial charge in [-0.2, -0.15) is 13.2 Å². The molecule has 0 radical (unpaired) electrons. The molecule has 3 aromatic rings. The summed E-state index contributed by atoms with van der Waals surface area (Å²) < 4.78 is 58.9. The lowest BCUT2D eigenvalue weighted by Crippen LogP contribution is -2.13. The van der Waals surface area contributed by atoms with Gasteiger partial charge in [0.25, 0.3) is 0 Å². The van der Waals surface area contributed by atoms with Crippen LogP contribution in [-0.4, -0.2) is 21.0 Å². The number of hydrogen-bond donors (Lipinski definition) is 1. The van der Waals surface area contributed by atoms with Crippen LogP contribution in [0.3, 0.4) is 0 Å². The van der Waals surface area contributed by atoms with Gasteiger partial charge in [0, 0.05) is 10.6 Å². The molecule has 3 rings (SSSR count). The zero-order chi connectivity index (χ0) is 20.5. The first-order chi connectivity index (χ1) is 13.1. The number of alkyl halides is 3. The Balaban J connectivity index is 2.00. The summed E-state index contributed by atoms with van der Waals surface area (Å²) in [7, 11) is 0. The summed E-state index contributed by atoms with van der Waals surface area (Å²) in [6, 6.07) is 7.58. The second-order valence-electron chi connectivity index (χ2n) is 5.79. The predicted octanol–water partition coefficient (Wildman–Crippen LogP) is 4.65. The normalized spacial score (nSPS) is 11.6. The van der Waals surface area contributed by atoms with Crippen molar-refractivity contribution in [2.24, 2.45) is 0 Å². The molecule has 2 aromatic carbocycles. The summed E-state index contributed by atoms with van der Waals surface area (Å²) in [4.78, 5) is 18.2. The Kier molecular flexibility index (Phi) is 5.37. The molecule has 0 spiro atoms. The lowest BCUT2D eigenvalue weighted by atomic mass is 10.1. The van der Waals surface area contributed by atoms with E-state index in [4.69, 9.17) is 21.4 Å². The predicted molar refractivity (Wildman–Crippen MR) is 91.6 cm³/mol. The van der Waals surface area contributed by atoms with Gasteiger partial charge in [0.05, 0.1) is 17.5 Å². The van der Waals surface area contributed by atoms with Crippen molar-refractivity contribution in [3.63, 3.8) is 0 Å². The molecular formula is C18H11ClF4N2O3. The Bertz CT molecular complexity index is 1060. The fraction of sp³-hybridized carbons (Fsp3) is 0.167. The number of benzene rings is 2. The Morgan fingerprint density at radius 3 is 2.50 bits per heavy atom. The van der Waals surface area contributed by atoms with Crippen LogP contribution in [0.15, 0.2) is 36.4 Å². The lowest BCUT2D eigenvalue weighted by molar-refractivity contribution is -0.142. The summed E-state index contributed by atoms with van der Waals surface area (Å²) in [5.41, 5.74) is -1.09. The van der Waals surface area contributed by atoms with Gasteiger partial charge in [0.2, 0.25) is 11.6 Å². The first-order valence-electron chi connectivity index (χ1n) is 7.80. The molecule has 0 saturated carbocycles. The SMILES string of the molecule is O=C(O)Cc1ccc2nc(C(F)(F)F)c(OCc3ccc(Cl)cc3F)nc2c1. The largest absolute Gasteiger partial charge is 0.481 e. The quantitative estimate of drug-likeness (QED) is 0.615. The van der Waals surface area contributed by atoms with E-state index in [1.54, 1.807) is 0 Å². The van der Waals surface area contributed by atoms with Gasteiger partial charge in [-0.15, -0.1) is 0 Å². The van der Waals surface area contributed by atoms with E-state index in [-0.39, 0.29) is 28.0 Å². The minimum atomic E-state index is -4.85. The zero-order valence-electron chi connectivity index (χ0n) is 13.9. The molecule has 146 valence electrons. The van der Waals surface area contributed by atoms with Crippen molar-refractivity contribution in [3.05, 3.63) is 64.1 Å². The van der Waals surface area contributed by atoms with Gasteiger partial charge >= 0.3 is 12.1 Å². The molecule has 0 amide bonds. The van der Waals surface area contributed by atoms with Crippen LogP contribution in [0.1, 0.15) is 16.8 Å². The van der Waals surface area contributed by atoms with Crippen molar-refractivity contribution in [1.82, 2.24) is 9.97 Å². The average Bonchev–Trinajstić information content (AvgIpc) is 2.58. The third-order valence-corrected chi connectivity index (χ3v) is 3.94. The molecule has 28 heavy (non-hydrogen) atoms. The Morgan fingerprint density at radius 1 is 1.11 bits per heavy atom. The third kappa shape index (κ3) is 4.48. The molecule has 0 fully saturated rings. The summed E-state index contributed by atoms with van der Waals surface area (Å²) >= 11 is 5.64. The van der Waals surface area contributed by atoms with E-state index in [0.29, 0.717) is 5.56 Å². The molecule has 0 aliphatic rings. The number of rotatable bonds is 5. The lowest BCUT2D eigenvalue weighted by Gasteiger charge is -2.14. The van der Waals surface area contributed by atoms with Crippen molar-refractivity contribution < 1.29 is 32.2 Å². The van der Waals surface area contributed by atoms with E-state index in [2.05, 4.69) is 9.97 Å². The molecular weight excluding hydrogens is 404 g/mol. The second-order valence-corrected chi connectivity index (χ2v) is 6.23. The maximum atomic E-state index is 13.8. The fourth-order valence-corrected chi connectivity index (χ4v) is 2.60. The summed E-state index contributed by atoms with van der Waals surface area (Å²) in [5, 5.41) is 8.98. The minimum Gasteiger partial charge on any atom is -0.481 e. The molecule has 0 aliphatic heterocycles. The van der Waals surface area contributed by atoms with Crippen LogP contribution in [0, 0.1) is 5.82 Å². The van der Waals surface area contributed by atoms with E-state index < -0.39 is 36.1 Å². The molecule has 5 nitrogen and oxygen atoms in total. The maximum absolute atomic E-state index is 13.8. The van der Waals surface area contributed by atoms with Gasteiger partial charge in [-0.25, -0.2) is 14.4 Å². The highest BCUT2D eigenvalue weighted by molar-refractivity contribution is 6.30. The number of hydrogen-bond acceptors (Lipinski definition) is 4. The molecule has 0 bridgehead atoms.